The molecule has 0 fully saturated rings. The van der Waals surface area contributed by atoms with Gasteiger partial charge in [-0.25, -0.2) is 0 Å². The lowest BCUT2D eigenvalue weighted by molar-refractivity contribution is -0.307. The van der Waals surface area contributed by atoms with E-state index in [0.29, 0.717) is 36.1 Å². The van der Waals surface area contributed by atoms with Crippen molar-refractivity contribution in [1.82, 2.24) is 5.32 Å². The van der Waals surface area contributed by atoms with E-state index in [9.17, 15) is 25.2 Å². The predicted octanol–water partition coefficient (Wildman–Crippen LogP) is 5.95. The van der Waals surface area contributed by atoms with Crippen LogP contribution in [-0.2, 0) is 24.1 Å². The zero-order chi connectivity index (χ0) is 36.2. The number of phenolic OH excluding ortho intramolecular Hbond substituents is 2. The van der Waals surface area contributed by atoms with Crippen molar-refractivity contribution in [2.45, 2.75) is 89.3 Å². The van der Waals surface area contributed by atoms with E-state index in [2.05, 4.69) is 16.4 Å². The molecule has 2 aliphatic rings. The molecule has 5 rings (SSSR count). The van der Waals surface area contributed by atoms with Crippen molar-refractivity contribution in [1.29, 1.82) is 0 Å². The van der Waals surface area contributed by atoms with Gasteiger partial charge in [0.1, 0.15) is 5.75 Å². The molecule has 0 radical (unpaired) electrons. The Morgan fingerprint density at radius 3 is 2.65 bits per heavy atom. The normalized spacial score (nSPS) is 17.4. The summed E-state index contributed by atoms with van der Waals surface area (Å²) in [6, 6.07) is 16.7. The number of aliphatic hydroxyl groups excluding tert-OH is 1. The number of carbonyl (C=O) groups excluding carboxylic acids is 1. The minimum atomic E-state index is -0.399. The van der Waals surface area contributed by atoms with Gasteiger partial charge < -0.3 is 30.9 Å². The molecule has 2 aliphatic heterocycles. The minimum Gasteiger partial charge on any atom is -0.875 e. The standard InChI is InChI=1S/C42H51N3O6/c1-28(46)7-5-3-2-4-6-8-34(47)13-9-29-11-16-39(49)41(24-29)51-22-19-30-10-15-38(48)37(23-30)36(26-40(50)33-17-20-44-27-33)31-12-14-35-32(25-31)18-21-45-42(35)43/h6,8,10-12,14-17,20,23-25,27-28,36,42,45-46,48-50H,2-5,7,9,13,18-19,21-22,26,43H2,1H3/p-1. The lowest BCUT2D eigenvalue weighted by Gasteiger charge is -2.28. The molecule has 3 aromatic carbocycles. The lowest BCUT2D eigenvalue weighted by Crippen LogP contribution is -2.35. The zero-order valence-electron chi connectivity index (χ0n) is 29.4. The van der Waals surface area contributed by atoms with Gasteiger partial charge in [-0.1, -0.05) is 55.3 Å². The highest BCUT2D eigenvalue weighted by Gasteiger charge is 2.23. The molecule has 3 unspecified atom stereocenters. The first-order valence-corrected chi connectivity index (χ1v) is 18.0. The number of nitrogens with one attached hydrogen (secondary N) is 1. The van der Waals surface area contributed by atoms with E-state index in [0.717, 1.165) is 72.9 Å². The molecule has 3 aromatic rings. The van der Waals surface area contributed by atoms with Crippen LogP contribution in [0.2, 0.25) is 0 Å². The quantitative estimate of drug-likeness (QED) is 0.0622. The fourth-order valence-electron chi connectivity index (χ4n) is 6.59. The van der Waals surface area contributed by atoms with Gasteiger partial charge in [0.05, 0.1) is 18.9 Å². The summed E-state index contributed by atoms with van der Waals surface area (Å²) in [7, 11) is 0. The molecule has 270 valence electrons. The molecule has 0 amide bonds. The van der Waals surface area contributed by atoms with Gasteiger partial charge in [0.15, 0.2) is 17.3 Å². The Labute approximate surface area is 300 Å². The maximum absolute atomic E-state index is 13.4. The van der Waals surface area contributed by atoms with Crippen molar-refractivity contribution < 1.29 is 30.0 Å². The number of nitrogens with two attached hydrogens (primary N) is 1. The third-order valence-corrected chi connectivity index (χ3v) is 9.52. The Hall–Kier alpha value is -4.70. The number of phenols is 2. The summed E-state index contributed by atoms with van der Waals surface area (Å²) in [5.74, 6) is 0.0744. The smallest absolute Gasteiger partial charge is 0.161 e. The molecule has 3 atom stereocenters. The number of allylic oxidation sites excluding steroid dienone is 5. The van der Waals surface area contributed by atoms with Crippen molar-refractivity contribution in [3.63, 3.8) is 0 Å². The van der Waals surface area contributed by atoms with Crippen LogP contribution < -0.4 is 20.9 Å². The van der Waals surface area contributed by atoms with E-state index in [1.165, 1.54) is 0 Å². The molecule has 2 heterocycles. The number of hydrogen-bond donors (Lipinski definition) is 5. The summed E-state index contributed by atoms with van der Waals surface area (Å²) in [6.07, 6.45) is 15.0. The molecule has 0 bridgehead atoms. The number of aliphatic imine (C=N–C) groups is 1. The van der Waals surface area contributed by atoms with E-state index in [1.807, 2.05) is 30.3 Å². The second kappa shape index (κ2) is 18.5. The molecule has 51 heavy (non-hydrogen) atoms. The number of rotatable bonds is 18. The van der Waals surface area contributed by atoms with Crippen LogP contribution in [-0.4, -0.2) is 46.6 Å². The average Bonchev–Trinajstić information content (AvgIpc) is 3.67. The van der Waals surface area contributed by atoms with Crippen molar-refractivity contribution in [2.24, 2.45) is 10.7 Å². The number of aliphatic hydroxyl groups is 1. The zero-order valence-corrected chi connectivity index (χ0v) is 29.4. The SMILES string of the molecule is CC(O)CCCCCC=CC(=O)CCc1ccc(O)c(OCCc2ccc(O)c(C(CC([O-])=C3C=CN=C3)c3ccc4c(c3)CCNC4N)c2)c1. The fourth-order valence-corrected chi connectivity index (χ4v) is 6.59. The molecule has 0 saturated carbocycles. The van der Waals surface area contributed by atoms with Crippen molar-refractivity contribution in [3.05, 3.63) is 124 Å². The molecule has 0 aromatic heterocycles. The van der Waals surface area contributed by atoms with Gasteiger partial charge in [-0.2, -0.15) is 0 Å². The average molecular weight is 693 g/mol. The van der Waals surface area contributed by atoms with Crippen LogP contribution in [0.4, 0.5) is 0 Å². The molecule has 0 aliphatic carbocycles. The number of carbonyl (C=O) groups is 1. The molecule has 0 spiro atoms. The van der Waals surface area contributed by atoms with Crippen LogP contribution in [0, 0.1) is 0 Å². The second-order valence-electron chi connectivity index (χ2n) is 13.5. The van der Waals surface area contributed by atoms with Crippen molar-refractivity contribution >= 4 is 12.0 Å². The fraction of sp³-hybridized carbons (Fsp3) is 0.381. The van der Waals surface area contributed by atoms with Gasteiger partial charge in [-0.05, 0) is 109 Å². The van der Waals surface area contributed by atoms with Crippen LogP contribution in [0.5, 0.6) is 17.2 Å². The molecule has 9 nitrogen and oxygen atoms in total. The number of hydrogen-bond acceptors (Lipinski definition) is 9. The summed E-state index contributed by atoms with van der Waals surface area (Å²) in [6.45, 7) is 2.84. The van der Waals surface area contributed by atoms with Crippen molar-refractivity contribution in [2.75, 3.05) is 13.2 Å². The van der Waals surface area contributed by atoms with E-state index in [-0.39, 0.29) is 48.3 Å². The van der Waals surface area contributed by atoms with Crippen LogP contribution >= 0.6 is 0 Å². The van der Waals surface area contributed by atoms with E-state index < -0.39 is 5.92 Å². The molecular weight excluding hydrogens is 642 g/mol. The third kappa shape index (κ3) is 10.9. The first kappa shape index (κ1) is 37.6. The Bertz CT molecular complexity index is 1760. The number of aromatic hydroxyl groups is 2. The first-order valence-electron chi connectivity index (χ1n) is 18.0. The summed E-state index contributed by atoms with van der Waals surface area (Å²) >= 11 is 0. The topological polar surface area (TPSA) is 160 Å². The van der Waals surface area contributed by atoms with E-state index >= 15 is 0 Å². The van der Waals surface area contributed by atoms with E-state index in [4.69, 9.17) is 10.5 Å². The molecule has 6 N–H and O–H groups in total. The van der Waals surface area contributed by atoms with Crippen LogP contribution in [0.1, 0.15) is 97.3 Å². The van der Waals surface area contributed by atoms with Gasteiger partial charge in [0.2, 0.25) is 0 Å². The Morgan fingerprint density at radius 1 is 1.06 bits per heavy atom. The number of ether oxygens (including phenoxy) is 1. The van der Waals surface area contributed by atoms with Gasteiger partial charge in [0.25, 0.3) is 0 Å². The molecular formula is C42H50N3O6-. The van der Waals surface area contributed by atoms with Crippen LogP contribution in [0.3, 0.4) is 0 Å². The Morgan fingerprint density at radius 2 is 1.86 bits per heavy atom. The Kier molecular flexibility index (Phi) is 13.6. The second-order valence-corrected chi connectivity index (χ2v) is 13.5. The maximum atomic E-state index is 13.4. The first-order chi connectivity index (χ1) is 24.7. The van der Waals surface area contributed by atoms with Crippen LogP contribution in [0.15, 0.2) is 95.3 Å². The predicted molar refractivity (Wildman–Crippen MR) is 199 cm³/mol. The minimum absolute atomic E-state index is 0.0230. The number of nitrogens with zero attached hydrogens (tertiary/aromatic N) is 1. The van der Waals surface area contributed by atoms with E-state index in [1.54, 1.807) is 55.8 Å². The van der Waals surface area contributed by atoms with Gasteiger partial charge in [0, 0.05) is 43.3 Å². The third-order valence-electron chi connectivity index (χ3n) is 9.52. The maximum Gasteiger partial charge on any atom is 0.161 e. The van der Waals surface area contributed by atoms with Crippen LogP contribution in [0.25, 0.3) is 0 Å². The highest BCUT2D eigenvalue weighted by atomic mass is 16.5. The number of aryl methyl sites for hydroxylation is 1. The summed E-state index contributed by atoms with van der Waals surface area (Å²) in [5.41, 5.74) is 12.4. The number of ketones is 1. The highest BCUT2D eigenvalue weighted by Crippen LogP contribution is 2.38. The van der Waals surface area contributed by atoms with Crippen molar-refractivity contribution in [3.8, 4) is 17.2 Å². The lowest BCUT2D eigenvalue weighted by atomic mass is 9.83. The summed E-state index contributed by atoms with van der Waals surface area (Å²) in [4.78, 5) is 16.5. The van der Waals surface area contributed by atoms with Gasteiger partial charge in [-0.3, -0.25) is 15.1 Å². The number of benzene rings is 3. The summed E-state index contributed by atoms with van der Waals surface area (Å²) in [5, 5.41) is 47.6. The van der Waals surface area contributed by atoms with Gasteiger partial charge in [-0.15, -0.1) is 5.76 Å². The highest BCUT2D eigenvalue weighted by molar-refractivity contribution is 5.89. The monoisotopic (exact) mass is 692 g/mol. The Balaban J connectivity index is 1.22. The number of unbranched alkanes of at least 4 members (excludes halogenated alkanes) is 3. The number of fused-ring (bicyclic) bond motifs is 1. The molecule has 9 heteroatoms. The summed E-state index contributed by atoms with van der Waals surface area (Å²) < 4.78 is 6.01. The van der Waals surface area contributed by atoms with Gasteiger partial charge >= 0.3 is 0 Å². The molecule has 0 saturated heterocycles. The largest absolute Gasteiger partial charge is 0.875 e.